The van der Waals surface area contributed by atoms with Gasteiger partial charge in [-0.05, 0) is 72.8 Å². The van der Waals surface area contributed by atoms with Crippen molar-refractivity contribution in [3.63, 3.8) is 0 Å². The molecule has 0 N–H and O–H groups in total. The van der Waals surface area contributed by atoms with Crippen LogP contribution in [-0.2, 0) is 9.53 Å². The monoisotopic (exact) mass is 395 g/mol. The third-order valence-electron chi connectivity index (χ3n) is 5.63. The third-order valence-corrected chi connectivity index (χ3v) is 5.63. The van der Waals surface area contributed by atoms with E-state index >= 15 is 0 Å². The maximum absolute atomic E-state index is 12.7. The van der Waals surface area contributed by atoms with Crippen molar-refractivity contribution < 1.29 is 14.3 Å². The summed E-state index contributed by atoms with van der Waals surface area (Å²) in [5.41, 5.74) is -0.484. The number of carbonyl (C=O) groups excluding carboxylic acids is 2. The van der Waals surface area contributed by atoms with Crippen LogP contribution in [0.25, 0.3) is 0 Å². The quantitative estimate of drug-likeness (QED) is 0.711. The van der Waals surface area contributed by atoms with Gasteiger partial charge in [0.1, 0.15) is 5.60 Å². The van der Waals surface area contributed by atoms with Crippen molar-refractivity contribution >= 4 is 12.0 Å². The maximum atomic E-state index is 12.7. The molecule has 0 bridgehead atoms. The molecule has 2 saturated heterocycles. The Balaban J connectivity index is 1.88. The van der Waals surface area contributed by atoms with Crippen LogP contribution < -0.4 is 0 Å². The first kappa shape index (κ1) is 23.0. The predicted octanol–water partition coefficient (Wildman–Crippen LogP) is 3.75. The fraction of sp³-hybridized carbons (Fsp3) is 0.909. The number of hydrogen-bond acceptors (Lipinski definition) is 4. The zero-order valence-corrected chi connectivity index (χ0v) is 18.7. The van der Waals surface area contributed by atoms with E-state index < -0.39 is 5.60 Å². The van der Waals surface area contributed by atoms with E-state index in [9.17, 15) is 9.59 Å². The lowest BCUT2D eigenvalue weighted by Crippen LogP contribution is -2.49. The van der Waals surface area contributed by atoms with Gasteiger partial charge in [-0.25, -0.2) is 4.79 Å². The Morgan fingerprint density at radius 3 is 2.25 bits per heavy atom. The van der Waals surface area contributed by atoms with Crippen molar-refractivity contribution in [1.29, 1.82) is 0 Å². The van der Waals surface area contributed by atoms with E-state index in [0.29, 0.717) is 19.0 Å². The first-order chi connectivity index (χ1) is 13.2. The second-order valence-corrected chi connectivity index (χ2v) is 9.76. The van der Waals surface area contributed by atoms with Crippen molar-refractivity contribution in [2.45, 2.75) is 84.8 Å². The number of carbonyl (C=O) groups is 2. The van der Waals surface area contributed by atoms with Gasteiger partial charge in [0.15, 0.2) is 0 Å². The Labute approximate surface area is 171 Å². The number of likely N-dealkylation sites (tertiary alicyclic amines) is 2. The molecule has 0 aromatic heterocycles. The number of rotatable bonds is 5. The lowest BCUT2D eigenvalue weighted by molar-refractivity contribution is -0.132. The summed E-state index contributed by atoms with van der Waals surface area (Å²) in [7, 11) is 0. The van der Waals surface area contributed by atoms with Crippen molar-refractivity contribution in [2.75, 3.05) is 39.3 Å². The molecule has 2 heterocycles. The number of ether oxygens (including phenoxy) is 1. The van der Waals surface area contributed by atoms with Gasteiger partial charge < -0.3 is 14.5 Å². The lowest BCUT2D eigenvalue weighted by Gasteiger charge is -2.37. The van der Waals surface area contributed by atoms with Crippen LogP contribution in [0, 0.1) is 5.92 Å². The van der Waals surface area contributed by atoms with Crippen LogP contribution in [0.3, 0.4) is 0 Å². The molecule has 1 unspecified atom stereocenters. The van der Waals surface area contributed by atoms with Crippen LogP contribution >= 0.6 is 0 Å². The van der Waals surface area contributed by atoms with Gasteiger partial charge in [0, 0.05) is 32.2 Å². The fourth-order valence-corrected chi connectivity index (χ4v) is 4.15. The van der Waals surface area contributed by atoms with Gasteiger partial charge in [0.25, 0.3) is 0 Å². The molecular weight excluding hydrogens is 354 g/mol. The van der Waals surface area contributed by atoms with Gasteiger partial charge in [0.05, 0.1) is 6.54 Å². The highest BCUT2D eigenvalue weighted by molar-refractivity contribution is 5.78. The van der Waals surface area contributed by atoms with Crippen molar-refractivity contribution in [3.8, 4) is 0 Å². The molecule has 2 fully saturated rings. The normalized spacial score (nSPS) is 22.1. The Hall–Kier alpha value is -1.30. The number of piperidine rings is 1. The molecule has 162 valence electrons. The molecule has 2 aliphatic heterocycles. The van der Waals surface area contributed by atoms with E-state index in [1.165, 1.54) is 12.8 Å². The van der Waals surface area contributed by atoms with Crippen LogP contribution in [0.2, 0.25) is 0 Å². The molecule has 0 aromatic carbocycles. The van der Waals surface area contributed by atoms with E-state index in [4.69, 9.17) is 4.74 Å². The minimum atomic E-state index is -0.484. The minimum Gasteiger partial charge on any atom is -0.444 e. The highest BCUT2D eigenvalue weighted by Gasteiger charge is 2.30. The molecule has 2 rings (SSSR count). The molecule has 1 atom stereocenters. The van der Waals surface area contributed by atoms with Gasteiger partial charge in [-0.3, -0.25) is 9.69 Å². The summed E-state index contributed by atoms with van der Waals surface area (Å²) in [6.07, 6.45) is 6.69. The SMILES string of the molecule is CC(C)N(CC1CCCN(CC(=O)N2CCCCCC2)C1)C(=O)OC(C)(C)C. The third kappa shape index (κ3) is 7.61. The summed E-state index contributed by atoms with van der Waals surface area (Å²) in [6, 6.07) is 0.101. The van der Waals surface area contributed by atoms with Crippen LogP contribution in [0.4, 0.5) is 4.79 Å². The van der Waals surface area contributed by atoms with Gasteiger partial charge >= 0.3 is 6.09 Å². The molecule has 6 nitrogen and oxygen atoms in total. The average Bonchev–Trinajstić information content (AvgIpc) is 2.87. The summed E-state index contributed by atoms with van der Waals surface area (Å²) in [4.78, 5) is 31.5. The number of nitrogens with zero attached hydrogens (tertiary/aromatic N) is 3. The van der Waals surface area contributed by atoms with E-state index in [1.807, 2.05) is 39.5 Å². The van der Waals surface area contributed by atoms with E-state index in [2.05, 4.69) is 9.80 Å². The first-order valence-electron chi connectivity index (χ1n) is 11.2. The van der Waals surface area contributed by atoms with Crippen LogP contribution in [0.5, 0.6) is 0 Å². The van der Waals surface area contributed by atoms with Gasteiger partial charge in [-0.1, -0.05) is 12.8 Å². The lowest BCUT2D eigenvalue weighted by atomic mass is 9.97. The topological polar surface area (TPSA) is 53.1 Å². The highest BCUT2D eigenvalue weighted by Crippen LogP contribution is 2.21. The molecule has 2 amide bonds. The zero-order chi connectivity index (χ0) is 20.7. The molecule has 6 heteroatoms. The minimum absolute atomic E-state index is 0.101. The molecular formula is C22H41N3O3. The molecule has 0 spiro atoms. The fourth-order valence-electron chi connectivity index (χ4n) is 4.15. The van der Waals surface area contributed by atoms with Gasteiger partial charge in [-0.2, -0.15) is 0 Å². The summed E-state index contributed by atoms with van der Waals surface area (Å²) < 4.78 is 5.60. The Kier molecular flexibility index (Phi) is 8.59. The average molecular weight is 396 g/mol. The maximum Gasteiger partial charge on any atom is 0.410 e. The van der Waals surface area contributed by atoms with E-state index in [1.54, 1.807) is 0 Å². The summed E-state index contributed by atoms with van der Waals surface area (Å²) in [6.45, 7) is 14.7. The smallest absolute Gasteiger partial charge is 0.410 e. The molecule has 0 saturated carbocycles. The molecule has 28 heavy (non-hydrogen) atoms. The zero-order valence-electron chi connectivity index (χ0n) is 18.7. The Bertz CT molecular complexity index is 508. The first-order valence-corrected chi connectivity index (χ1v) is 11.2. The molecule has 0 aliphatic carbocycles. The van der Waals surface area contributed by atoms with Crippen molar-refractivity contribution in [2.24, 2.45) is 5.92 Å². The van der Waals surface area contributed by atoms with Crippen molar-refractivity contribution in [3.05, 3.63) is 0 Å². The van der Waals surface area contributed by atoms with Crippen LogP contribution in [-0.4, -0.2) is 77.6 Å². The van der Waals surface area contributed by atoms with E-state index in [-0.39, 0.29) is 18.0 Å². The molecule has 0 aromatic rings. The van der Waals surface area contributed by atoms with Gasteiger partial charge in [-0.15, -0.1) is 0 Å². The highest BCUT2D eigenvalue weighted by atomic mass is 16.6. The number of hydrogen-bond donors (Lipinski definition) is 0. The van der Waals surface area contributed by atoms with Crippen LogP contribution in [0.1, 0.15) is 73.1 Å². The second kappa shape index (κ2) is 10.5. The summed E-state index contributed by atoms with van der Waals surface area (Å²) in [5, 5.41) is 0. The van der Waals surface area contributed by atoms with Gasteiger partial charge in [0.2, 0.25) is 5.91 Å². The Morgan fingerprint density at radius 1 is 1.04 bits per heavy atom. The van der Waals surface area contributed by atoms with E-state index in [0.717, 1.165) is 51.9 Å². The summed E-state index contributed by atoms with van der Waals surface area (Å²) >= 11 is 0. The largest absolute Gasteiger partial charge is 0.444 e. The summed E-state index contributed by atoms with van der Waals surface area (Å²) in [5.74, 6) is 0.663. The molecule has 0 radical (unpaired) electrons. The number of amides is 2. The Morgan fingerprint density at radius 2 is 1.68 bits per heavy atom. The van der Waals surface area contributed by atoms with Crippen molar-refractivity contribution in [1.82, 2.24) is 14.7 Å². The standard InChI is InChI=1S/C22H41N3O3/c1-18(2)25(21(27)28-22(3,4)5)16-19-11-10-12-23(15-19)17-20(26)24-13-8-6-7-9-14-24/h18-19H,6-17H2,1-5H3. The van der Waals surface area contributed by atoms with Crippen LogP contribution in [0.15, 0.2) is 0 Å². The predicted molar refractivity (Wildman–Crippen MR) is 112 cm³/mol. The second-order valence-electron chi connectivity index (χ2n) is 9.76. The molecule has 2 aliphatic rings.